The number of hydrogen-bond donors (Lipinski definition) is 1. The molecule has 1 aliphatic heterocycles. The van der Waals surface area contributed by atoms with Crippen LogP contribution in [-0.4, -0.2) is 55.7 Å². The molecule has 1 saturated heterocycles. The Labute approximate surface area is 207 Å². The molecule has 0 radical (unpaired) electrons. The van der Waals surface area contributed by atoms with E-state index in [1.165, 1.54) is 4.90 Å². The summed E-state index contributed by atoms with van der Waals surface area (Å²) in [4.78, 5) is 27.8. The second kappa shape index (κ2) is 11.0. The largest absolute Gasteiger partial charge is 0.507 e. The van der Waals surface area contributed by atoms with Crippen molar-refractivity contribution in [2.75, 3.05) is 34.0 Å². The number of ether oxygens (including phenoxy) is 3. The zero-order valence-corrected chi connectivity index (χ0v) is 21.4. The fraction of sp³-hybridized carbons (Fsp3) is 0.429. The average Bonchev–Trinajstić information content (AvgIpc) is 3.08. The van der Waals surface area contributed by atoms with Gasteiger partial charge in [-0.3, -0.25) is 9.59 Å². The molecule has 1 atom stereocenters. The van der Waals surface area contributed by atoms with Crippen LogP contribution in [0.3, 0.4) is 0 Å². The Bertz CT molecular complexity index is 1100. The standard InChI is InChI=1S/C28H35NO6/c1-7-35-22-14-11-19(17-21(22)28(2,3)4)25(30)23-24(18-9-12-20(34-6)13-10-18)29(15-8-16-33-5)27(32)26(23)31/h9-14,17,24,30H,7-8,15-16H2,1-6H3/b25-23-. The number of Topliss-reactive ketones (excluding diaryl/α,β-unsaturated/α-hetero) is 1. The van der Waals surface area contributed by atoms with Crippen LogP contribution in [0.25, 0.3) is 5.76 Å². The lowest BCUT2D eigenvalue weighted by Crippen LogP contribution is -2.31. The van der Waals surface area contributed by atoms with Crippen LogP contribution >= 0.6 is 0 Å². The summed E-state index contributed by atoms with van der Waals surface area (Å²) >= 11 is 0. The highest BCUT2D eigenvalue weighted by Gasteiger charge is 2.45. The molecule has 1 fully saturated rings. The Kier molecular flexibility index (Phi) is 8.22. The van der Waals surface area contributed by atoms with Crippen LogP contribution < -0.4 is 9.47 Å². The Hall–Kier alpha value is -3.32. The first-order chi connectivity index (χ1) is 16.6. The van der Waals surface area contributed by atoms with Gasteiger partial charge in [0.25, 0.3) is 11.7 Å². The van der Waals surface area contributed by atoms with E-state index >= 15 is 0 Å². The molecule has 3 rings (SSSR count). The number of aliphatic hydroxyl groups is 1. The van der Waals surface area contributed by atoms with Gasteiger partial charge in [0.15, 0.2) is 0 Å². The molecule has 7 heteroatoms. The van der Waals surface area contributed by atoms with E-state index in [1.807, 2.05) is 25.1 Å². The molecule has 2 aromatic rings. The van der Waals surface area contributed by atoms with Crippen molar-refractivity contribution in [3.63, 3.8) is 0 Å². The Morgan fingerprint density at radius 2 is 1.74 bits per heavy atom. The molecule has 1 aliphatic rings. The van der Waals surface area contributed by atoms with Crippen molar-refractivity contribution in [2.45, 2.75) is 45.6 Å². The van der Waals surface area contributed by atoms with Crippen LogP contribution in [0.15, 0.2) is 48.0 Å². The monoisotopic (exact) mass is 481 g/mol. The van der Waals surface area contributed by atoms with E-state index in [4.69, 9.17) is 14.2 Å². The minimum absolute atomic E-state index is 0.0709. The summed E-state index contributed by atoms with van der Waals surface area (Å²) in [7, 11) is 3.17. The summed E-state index contributed by atoms with van der Waals surface area (Å²) in [6.45, 7) is 9.37. The normalized spacial score (nSPS) is 17.7. The molecular weight excluding hydrogens is 446 g/mol. The lowest BCUT2D eigenvalue weighted by atomic mass is 9.84. The van der Waals surface area contributed by atoms with Gasteiger partial charge in [-0.2, -0.15) is 0 Å². The number of carbonyl (C=O) groups is 2. The fourth-order valence-electron chi connectivity index (χ4n) is 4.32. The molecule has 1 amide bonds. The van der Waals surface area contributed by atoms with Gasteiger partial charge in [0.2, 0.25) is 0 Å². The predicted octanol–water partition coefficient (Wildman–Crippen LogP) is 4.85. The number of likely N-dealkylation sites (tertiary alicyclic amines) is 1. The zero-order chi connectivity index (χ0) is 25.8. The topological polar surface area (TPSA) is 85.3 Å². The number of benzene rings is 2. The van der Waals surface area contributed by atoms with E-state index < -0.39 is 17.7 Å². The third-order valence-electron chi connectivity index (χ3n) is 6.08. The Morgan fingerprint density at radius 3 is 2.31 bits per heavy atom. The van der Waals surface area contributed by atoms with Crippen LogP contribution in [0.2, 0.25) is 0 Å². The number of rotatable bonds is 9. The first kappa shape index (κ1) is 26.3. The lowest BCUT2D eigenvalue weighted by molar-refractivity contribution is -0.140. The Morgan fingerprint density at radius 1 is 1.06 bits per heavy atom. The highest BCUT2D eigenvalue weighted by molar-refractivity contribution is 6.46. The van der Waals surface area contributed by atoms with Crippen LogP contribution in [0.4, 0.5) is 0 Å². The highest BCUT2D eigenvalue weighted by Crippen LogP contribution is 2.41. The van der Waals surface area contributed by atoms with Crippen molar-refractivity contribution in [1.29, 1.82) is 0 Å². The lowest BCUT2D eigenvalue weighted by Gasteiger charge is -2.26. The summed E-state index contributed by atoms with van der Waals surface area (Å²) < 4.78 is 16.2. The smallest absolute Gasteiger partial charge is 0.295 e. The first-order valence-corrected chi connectivity index (χ1v) is 11.8. The van der Waals surface area contributed by atoms with Crippen LogP contribution in [0.5, 0.6) is 11.5 Å². The van der Waals surface area contributed by atoms with Gasteiger partial charge in [-0.05, 0) is 54.7 Å². The SMILES string of the molecule is CCOc1ccc(/C(O)=C2/C(=O)C(=O)N(CCCOC)C2c2ccc(OC)cc2)cc1C(C)(C)C. The maximum absolute atomic E-state index is 13.2. The van der Waals surface area contributed by atoms with Crippen molar-refractivity contribution in [1.82, 2.24) is 4.90 Å². The molecule has 188 valence electrons. The molecule has 7 nitrogen and oxygen atoms in total. The molecule has 1 heterocycles. The number of methoxy groups -OCH3 is 2. The molecule has 0 spiro atoms. The quantitative estimate of drug-likeness (QED) is 0.239. The Balaban J connectivity index is 2.16. The van der Waals surface area contributed by atoms with Crippen LogP contribution in [0, 0.1) is 0 Å². The number of nitrogens with zero attached hydrogens (tertiary/aromatic N) is 1. The van der Waals surface area contributed by atoms with Gasteiger partial charge in [0, 0.05) is 31.4 Å². The van der Waals surface area contributed by atoms with Crippen molar-refractivity contribution in [3.8, 4) is 11.5 Å². The van der Waals surface area contributed by atoms with Crippen molar-refractivity contribution < 1.29 is 28.9 Å². The van der Waals surface area contributed by atoms with Gasteiger partial charge in [0.1, 0.15) is 17.3 Å². The number of amides is 1. The average molecular weight is 482 g/mol. The number of carbonyl (C=O) groups excluding carboxylic acids is 2. The van der Waals surface area contributed by atoms with Crippen molar-refractivity contribution in [3.05, 3.63) is 64.7 Å². The third kappa shape index (κ3) is 5.51. The first-order valence-electron chi connectivity index (χ1n) is 11.8. The molecule has 0 aliphatic carbocycles. The molecule has 1 unspecified atom stereocenters. The van der Waals surface area contributed by atoms with Crippen molar-refractivity contribution in [2.24, 2.45) is 0 Å². The number of hydrogen-bond acceptors (Lipinski definition) is 6. The number of ketones is 1. The fourth-order valence-corrected chi connectivity index (χ4v) is 4.32. The van der Waals surface area contributed by atoms with Gasteiger partial charge in [-0.25, -0.2) is 0 Å². The third-order valence-corrected chi connectivity index (χ3v) is 6.08. The van der Waals surface area contributed by atoms with Gasteiger partial charge in [-0.1, -0.05) is 32.9 Å². The van der Waals surface area contributed by atoms with Gasteiger partial charge in [-0.15, -0.1) is 0 Å². The maximum atomic E-state index is 13.2. The van der Waals surface area contributed by atoms with Crippen LogP contribution in [-0.2, 0) is 19.7 Å². The summed E-state index contributed by atoms with van der Waals surface area (Å²) in [5, 5.41) is 11.4. The van der Waals surface area contributed by atoms with E-state index in [0.29, 0.717) is 43.1 Å². The van der Waals surface area contributed by atoms with E-state index in [2.05, 4.69) is 20.8 Å². The summed E-state index contributed by atoms with van der Waals surface area (Å²) in [5.41, 5.74) is 1.89. The molecule has 2 aromatic carbocycles. The molecule has 1 N–H and O–H groups in total. The minimum atomic E-state index is -0.720. The minimum Gasteiger partial charge on any atom is -0.507 e. The maximum Gasteiger partial charge on any atom is 0.295 e. The van der Waals surface area contributed by atoms with Crippen molar-refractivity contribution >= 4 is 17.4 Å². The molecular formula is C28H35NO6. The zero-order valence-electron chi connectivity index (χ0n) is 21.4. The second-order valence-electron chi connectivity index (χ2n) is 9.51. The second-order valence-corrected chi connectivity index (χ2v) is 9.51. The van der Waals surface area contributed by atoms with E-state index in [1.54, 1.807) is 38.5 Å². The van der Waals surface area contributed by atoms with E-state index in [9.17, 15) is 14.7 Å². The van der Waals surface area contributed by atoms with Gasteiger partial charge >= 0.3 is 0 Å². The predicted molar refractivity (Wildman–Crippen MR) is 135 cm³/mol. The van der Waals surface area contributed by atoms with Gasteiger partial charge in [0.05, 0.1) is 25.3 Å². The summed E-state index contributed by atoms with van der Waals surface area (Å²) in [6, 6.07) is 11.8. The molecule has 0 aromatic heterocycles. The number of aliphatic hydroxyl groups excluding tert-OH is 1. The van der Waals surface area contributed by atoms with E-state index in [-0.39, 0.29) is 16.7 Å². The molecule has 0 bridgehead atoms. The van der Waals surface area contributed by atoms with Crippen LogP contribution in [0.1, 0.15) is 56.8 Å². The summed E-state index contributed by atoms with van der Waals surface area (Å²) in [6.07, 6.45) is 0.563. The highest BCUT2D eigenvalue weighted by atomic mass is 16.5. The molecule has 35 heavy (non-hydrogen) atoms. The summed E-state index contributed by atoms with van der Waals surface area (Å²) in [5.74, 6) is -0.154. The van der Waals surface area contributed by atoms with Gasteiger partial charge < -0.3 is 24.2 Å². The molecule has 0 saturated carbocycles. The van der Waals surface area contributed by atoms with E-state index in [0.717, 1.165) is 11.3 Å².